The molecule has 6 heteroatoms. The van der Waals surface area contributed by atoms with Crippen LogP contribution < -0.4 is 10.1 Å². The summed E-state index contributed by atoms with van der Waals surface area (Å²) < 4.78 is 13.2. The van der Waals surface area contributed by atoms with Crippen molar-refractivity contribution in [2.24, 2.45) is 0 Å². The molecule has 0 atom stereocenters. The number of rotatable bonds is 8. The van der Waals surface area contributed by atoms with E-state index in [4.69, 9.17) is 9.47 Å². The van der Waals surface area contributed by atoms with Crippen molar-refractivity contribution in [3.63, 3.8) is 0 Å². The summed E-state index contributed by atoms with van der Waals surface area (Å²) in [6, 6.07) is 4.24. The average molecular weight is 450 g/mol. The third-order valence-electron chi connectivity index (χ3n) is 3.67. The Kier molecular flexibility index (Phi) is 8.33. The van der Waals surface area contributed by atoms with Gasteiger partial charge in [0.25, 0.3) is 0 Å². The summed E-state index contributed by atoms with van der Waals surface area (Å²) in [6.07, 6.45) is 1.32. The van der Waals surface area contributed by atoms with Crippen LogP contribution >= 0.6 is 31.9 Å². The summed E-state index contributed by atoms with van der Waals surface area (Å²) in [4.78, 5) is 2.47. The molecule has 1 aliphatic rings. The maximum absolute atomic E-state index is 5.81. The molecule has 1 aliphatic heterocycles. The van der Waals surface area contributed by atoms with Crippen molar-refractivity contribution < 1.29 is 9.47 Å². The minimum absolute atomic E-state index is 0.159. The molecule has 1 N–H and O–H groups in total. The van der Waals surface area contributed by atoms with Crippen LogP contribution in [0.5, 0.6) is 5.75 Å². The molecule has 1 aromatic carbocycles. The monoisotopic (exact) mass is 448 g/mol. The van der Waals surface area contributed by atoms with E-state index < -0.39 is 0 Å². The first-order valence-corrected chi connectivity index (χ1v) is 9.80. The lowest BCUT2D eigenvalue weighted by atomic mass is 10.2. The first-order chi connectivity index (χ1) is 11.1. The third-order valence-corrected chi connectivity index (χ3v) is 4.85. The Morgan fingerprint density at radius 3 is 2.48 bits per heavy atom. The number of halogens is 2. The zero-order valence-electron chi connectivity index (χ0n) is 13.9. The highest BCUT2D eigenvalue weighted by Gasteiger charge is 2.11. The summed E-state index contributed by atoms with van der Waals surface area (Å²) in [5.74, 6) is 0.871. The Labute approximate surface area is 156 Å². The molecule has 2 rings (SSSR count). The van der Waals surface area contributed by atoms with E-state index in [0.29, 0.717) is 0 Å². The van der Waals surface area contributed by atoms with E-state index in [0.717, 1.165) is 67.1 Å². The molecule has 1 aromatic rings. The SMILES string of the molecule is CC(C)Oc1c(Br)cc(CNCCCN2CCOCC2)cc1Br. The average Bonchev–Trinajstić information content (AvgIpc) is 2.51. The van der Waals surface area contributed by atoms with Crippen molar-refractivity contribution in [1.29, 1.82) is 0 Å². The van der Waals surface area contributed by atoms with Crippen LogP contribution in [0.3, 0.4) is 0 Å². The topological polar surface area (TPSA) is 33.7 Å². The van der Waals surface area contributed by atoms with Crippen LogP contribution in [0, 0.1) is 0 Å². The predicted molar refractivity (Wildman–Crippen MR) is 101 cm³/mol. The molecule has 1 saturated heterocycles. The van der Waals surface area contributed by atoms with Crippen LogP contribution in [0.4, 0.5) is 0 Å². The number of hydrogen-bond acceptors (Lipinski definition) is 4. The lowest BCUT2D eigenvalue weighted by Crippen LogP contribution is -2.37. The molecule has 0 amide bonds. The van der Waals surface area contributed by atoms with Gasteiger partial charge in [0.15, 0.2) is 0 Å². The summed E-state index contributed by atoms with van der Waals surface area (Å²) in [7, 11) is 0. The Bertz CT molecular complexity index is 468. The fourth-order valence-electron chi connectivity index (χ4n) is 2.55. The Hall–Kier alpha value is -0.140. The van der Waals surface area contributed by atoms with Crippen LogP contribution in [-0.2, 0) is 11.3 Å². The molecule has 4 nitrogen and oxygen atoms in total. The van der Waals surface area contributed by atoms with Gasteiger partial charge in [-0.3, -0.25) is 4.90 Å². The van der Waals surface area contributed by atoms with Gasteiger partial charge in [0.05, 0.1) is 28.3 Å². The fourth-order valence-corrected chi connectivity index (χ4v) is 4.02. The van der Waals surface area contributed by atoms with Crippen molar-refractivity contribution in [1.82, 2.24) is 10.2 Å². The van der Waals surface area contributed by atoms with Gasteiger partial charge in [-0.05, 0) is 82.9 Å². The normalized spacial score (nSPS) is 16.0. The highest BCUT2D eigenvalue weighted by atomic mass is 79.9. The number of hydrogen-bond donors (Lipinski definition) is 1. The standard InChI is InChI=1S/C17H26Br2N2O2/c1-13(2)23-17-15(18)10-14(11-16(17)19)12-20-4-3-5-21-6-8-22-9-7-21/h10-11,13,20H,3-9,12H2,1-2H3. The van der Waals surface area contributed by atoms with E-state index in [1.54, 1.807) is 0 Å². The van der Waals surface area contributed by atoms with Gasteiger partial charge in [-0.15, -0.1) is 0 Å². The quantitative estimate of drug-likeness (QED) is 0.611. The smallest absolute Gasteiger partial charge is 0.148 e. The van der Waals surface area contributed by atoms with E-state index in [9.17, 15) is 0 Å². The maximum Gasteiger partial charge on any atom is 0.148 e. The van der Waals surface area contributed by atoms with Gasteiger partial charge in [-0.1, -0.05) is 0 Å². The Balaban J connectivity index is 1.73. The highest BCUT2D eigenvalue weighted by molar-refractivity contribution is 9.11. The van der Waals surface area contributed by atoms with Crippen LogP contribution in [-0.4, -0.2) is 50.4 Å². The molecule has 0 unspecified atom stereocenters. The summed E-state index contributed by atoms with van der Waals surface area (Å²) in [5, 5.41) is 3.52. The molecular weight excluding hydrogens is 424 g/mol. The molecule has 1 heterocycles. The zero-order chi connectivity index (χ0) is 16.7. The second-order valence-corrected chi connectivity index (χ2v) is 7.75. The summed E-state index contributed by atoms with van der Waals surface area (Å²) >= 11 is 7.20. The number of nitrogens with one attached hydrogen (secondary N) is 1. The molecule has 23 heavy (non-hydrogen) atoms. The zero-order valence-corrected chi connectivity index (χ0v) is 17.1. The highest BCUT2D eigenvalue weighted by Crippen LogP contribution is 2.35. The second kappa shape index (κ2) is 9.99. The lowest BCUT2D eigenvalue weighted by molar-refractivity contribution is 0.0374. The van der Waals surface area contributed by atoms with Gasteiger partial charge >= 0.3 is 0 Å². The number of ether oxygens (including phenoxy) is 2. The van der Waals surface area contributed by atoms with Crippen molar-refractivity contribution in [3.8, 4) is 5.75 Å². The van der Waals surface area contributed by atoms with Crippen molar-refractivity contribution in [2.45, 2.75) is 32.9 Å². The minimum atomic E-state index is 0.159. The van der Waals surface area contributed by atoms with E-state index in [-0.39, 0.29) is 6.10 Å². The van der Waals surface area contributed by atoms with Gasteiger partial charge in [0.1, 0.15) is 5.75 Å². The minimum Gasteiger partial charge on any atom is -0.489 e. The second-order valence-electron chi connectivity index (χ2n) is 6.04. The molecule has 0 saturated carbocycles. The molecule has 130 valence electrons. The van der Waals surface area contributed by atoms with E-state index in [1.165, 1.54) is 5.56 Å². The van der Waals surface area contributed by atoms with E-state index in [2.05, 4.69) is 54.2 Å². The van der Waals surface area contributed by atoms with Crippen LogP contribution in [0.15, 0.2) is 21.1 Å². The third kappa shape index (κ3) is 6.70. The Morgan fingerprint density at radius 2 is 1.87 bits per heavy atom. The van der Waals surface area contributed by atoms with Gasteiger partial charge < -0.3 is 14.8 Å². The first kappa shape index (κ1) is 19.2. The molecule has 0 radical (unpaired) electrons. The van der Waals surface area contributed by atoms with E-state index in [1.807, 2.05) is 13.8 Å². The summed E-state index contributed by atoms with van der Waals surface area (Å²) in [5.41, 5.74) is 1.24. The first-order valence-electron chi connectivity index (χ1n) is 8.21. The van der Waals surface area contributed by atoms with Crippen molar-refractivity contribution in [2.75, 3.05) is 39.4 Å². The van der Waals surface area contributed by atoms with Gasteiger partial charge in [-0.2, -0.15) is 0 Å². The van der Waals surface area contributed by atoms with Gasteiger partial charge in [0, 0.05) is 19.6 Å². The number of morpholine rings is 1. The van der Waals surface area contributed by atoms with Crippen molar-refractivity contribution >= 4 is 31.9 Å². The van der Waals surface area contributed by atoms with Gasteiger partial charge in [-0.25, -0.2) is 0 Å². The molecule has 0 aliphatic carbocycles. The molecule has 1 fully saturated rings. The van der Waals surface area contributed by atoms with E-state index >= 15 is 0 Å². The van der Waals surface area contributed by atoms with Crippen LogP contribution in [0.1, 0.15) is 25.8 Å². The molecule has 0 spiro atoms. The number of nitrogens with zero attached hydrogens (tertiary/aromatic N) is 1. The fraction of sp³-hybridized carbons (Fsp3) is 0.647. The Morgan fingerprint density at radius 1 is 1.22 bits per heavy atom. The van der Waals surface area contributed by atoms with Crippen LogP contribution in [0.25, 0.3) is 0 Å². The van der Waals surface area contributed by atoms with Gasteiger partial charge in [0.2, 0.25) is 0 Å². The van der Waals surface area contributed by atoms with Crippen molar-refractivity contribution in [3.05, 3.63) is 26.6 Å². The predicted octanol–water partition coefficient (Wildman–Crippen LogP) is 3.81. The molecule has 0 aromatic heterocycles. The molecule has 0 bridgehead atoms. The lowest BCUT2D eigenvalue weighted by Gasteiger charge is -2.26. The maximum atomic E-state index is 5.81. The molecular formula is C17H26Br2N2O2. The largest absolute Gasteiger partial charge is 0.489 e. The number of benzene rings is 1. The van der Waals surface area contributed by atoms with Crippen LogP contribution in [0.2, 0.25) is 0 Å². The summed E-state index contributed by atoms with van der Waals surface area (Å²) in [6.45, 7) is 11.0.